The van der Waals surface area contributed by atoms with Gasteiger partial charge in [-0.2, -0.15) is 0 Å². The Morgan fingerprint density at radius 3 is 2.69 bits per heavy atom. The average Bonchev–Trinajstić information content (AvgIpc) is 2.28. The van der Waals surface area contributed by atoms with E-state index in [0.29, 0.717) is 16.5 Å². The lowest BCUT2D eigenvalue weighted by molar-refractivity contribution is -0.141. The molecule has 0 heterocycles. The van der Waals surface area contributed by atoms with Gasteiger partial charge < -0.3 is 14.8 Å². The minimum absolute atomic E-state index is 0.345. The zero-order chi connectivity index (χ0) is 12.1. The summed E-state index contributed by atoms with van der Waals surface area (Å²) in [5.74, 6) is 0.280. The number of rotatable bonds is 4. The molecule has 0 saturated carbocycles. The standard InChI is InChI=1S/C11H14ClNO3/c1-7(11(14)16-3)13-9-6-8(12)4-5-10(9)15-2/h4-7,13H,1-3H3. The van der Waals surface area contributed by atoms with E-state index in [4.69, 9.17) is 16.3 Å². The number of esters is 1. The first-order chi connectivity index (χ1) is 7.58. The number of ether oxygens (including phenoxy) is 2. The molecule has 0 aliphatic heterocycles. The molecule has 16 heavy (non-hydrogen) atoms. The van der Waals surface area contributed by atoms with Crippen molar-refractivity contribution in [1.29, 1.82) is 0 Å². The Balaban J connectivity index is 2.86. The van der Waals surface area contributed by atoms with Crippen molar-refractivity contribution in [3.63, 3.8) is 0 Å². The van der Waals surface area contributed by atoms with E-state index in [9.17, 15) is 4.79 Å². The molecular weight excluding hydrogens is 230 g/mol. The fourth-order valence-electron chi connectivity index (χ4n) is 1.26. The van der Waals surface area contributed by atoms with E-state index in [1.54, 1.807) is 32.2 Å². The minimum Gasteiger partial charge on any atom is -0.495 e. The molecule has 1 aromatic rings. The predicted molar refractivity (Wildman–Crippen MR) is 63.1 cm³/mol. The molecule has 0 radical (unpaired) electrons. The van der Waals surface area contributed by atoms with Crippen molar-refractivity contribution in [2.75, 3.05) is 19.5 Å². The fourth-order valence-corrected chi connectivity index (χ4v) is 1.43. The van der Waals surface area contributed by atoms with Gasteiger partial charge in [0.15, 0.2) is 0 Å². The molecule has 0 aliphatic rings. The third-order valence-corrected chi connectivity index (χ3v) is 2.32. The van der Waals surface area contributed by atoms with Gasteiger partial charge in [-0.15, -0.1) is 0 Å². The number of carbonyl (C=O) groups is 1. The van der Waals surface area contributed by atoms with Crippen LogP contribution in [0.15, 0.2) is 18.2 Å². The summed E-state index contributed by atoms with van der Waals surface area (Å²) >= 11 is 5.86. The maximum atomic E-state index is 11.2. The maximum Gasteiger partial charge on any atom is 0.327 e. The lowest BCUT2D eigenvalue weighted by Gasteiger charge is -2.15. The molecule has 1 N–H and O–H groups in total. The molecule has 1 atom stereocenters. The predicted octanol–water partition coefficient (Wildman–Crippen LogP) is 2.32. The Morgan fingerprint density at radius 2 is 2.12 bits per heavy atom. The molecule has 5 heteroatoms. The Bertz CT molecular complexity index is 381. The molecule has 1 rings (SSSR count). The minimum atomic E-state index is -0.461. The summed E-state index contributed by atoms with van der Waals surface area (Å²) in [5.41, 5.74) is 0.660. The molecule has 1 unspecified atom stereocenters. The number of hydrogen-bond acceptors (Lipinski definition) is 4. The number of methoxy groups -OCH3 is 2. The number of hydrogen-bond donors (Lipinski definition) is 1. The van der Waals surface area contributed by atoms with Crippen LogP contribution in [0.5, 0.6) is 5.75 Å². The van der Waals surface area contributed by atoms with Crippen molar-refractivity contribution >= 4 is 23.3 Å². The Morgan fingerprint density at radius 1 is 1.44 bits per heavy atom. The Kier molecular flexibility index (Phi) is 4.43. The van der Waals surface area contributed by atoms with Crippen molar-refractivity contribution in [2.24, 2.45) is 0 Å². The van der Waals surface area contributed by atoms with Crippen LogP contribution in [0.4, 0.5) is 5.69 Å². The normalized spacial score (nSPS) is 11.8. The average molecular weight is 244 g/mol. The summed E-state index contributed by atoms with van der Waals surface area (Å²) in [6.45, 7) is 1.70. The summed E-state index contributed by atoms with van der Waals surface area (Å²) < 4.78 is 9.75. The summed E-state index contributed by atoms with van der Waals surface area (Å²) in [7, 11) is 2.90. The first-order valence-electron chi connectivity index (χ1n) is 4.76. The van der Waals surface area contributed by atoms with Crippen LogP contribution in [0.3, 0.4) is 0 Å². The highest BCUT2D eigenvalue weighted by Crippen LogP contribution is 2.28. The van der Waals surface area contributed by atoms with E-state index in [2.05, 4.69) is 10.1 Å². The topological polar surface area (TPSA) is 47.6 Å². The third kappa shape index (κ3) is 3.03. The summed E-state index contributed by atoms with van der Waals surface area (Å²) in [6, 6.07) is 4.68. The SMILES string of the molecule is COC(=O)C(C)Nc1cc(Cl)ccc1OC. The van der Waals surface area contributed by atoms with E-state index >= 15 is 0 Å². The number of anilines is 1. The highest BCUT2D eigenvalue weighted by molar-refractivity contribution is 6.30. The van der Waals surface area contributed by atoms with Crippen LogP contribution in [0.2, 0.25) is 5.02 Å². The van der Waals surface area contributed by atoms with Gasteiger partial charge in [0.2, 0.25) is 0 Å². The molecular formula is C11H14ClNO3. The molecule has 0 saturated heterocycles. The summed E-state index contributed by atoms with van der Waals surface area (Å²) in [5, 5.41) is 3.54. The molecule has 0 spiro atoms. The molecule has 0 aromatic heterocycles. The summed E-state index contributed by atoms with van der Waals surface area (Å²) in [4.78, 5) is 11.2. The van der Waals surface area contributed by atoms with Gasteiger partial charge in [0.05, 0.1) is 19.9 Å². The molecule has 1 aromatic carbocycles. The lowest BCUT2D eigenvalue weighted by Crippen LogP contribution is -2.27. The first-order valence-corrected chi connectivity index (χ1v) is 5.14. The van der Waals surface area contributed by atoms with Gasteiger partial charge in [-0.3, -0.25) is 0 Å². The molecule has 0 fully saturated rings. The second-order valence-electron chi connectivity index (χ2n) is 3.23. The van der Waals surface area contributed by atoms with E-state index < -0.39 is 6.04 Å². The fraction of sp³-hybridized carbons (Fsp3) is 0.364. The molecule has 4 nitrogen and oxygen atoms in total. The third-order valence-electron chi connectivity index (χ3n) is 2.09. The lowest BCUT2D eigenvalue weighted by atomic mass is 10.2. The largest absolute Gasteiger partial charge is 0.495 e. The van der Waals surface area contributed by atoms with Crippen LogP contribution >= 0.6 is 11.6 Å². The van der Waals surface area contributed by atoms with Gasteiger partial charge >= 0.3 is 5.97 Å². The van der Waals surface area contributed by atoms with Crippen LogP contribution in [-0.4, -0.2) is 26.2 Å². The number of halogens is 1. The van der Waals surface area contributed by atoms with E-state index in [0.717, 1.165) is 0 Å². The van der Waals surface area contributed by atoms with Crippen LogP contribution < -0.4 is 10.1 Å². The molecule has 0 aliphatic carbocycles. The zero-order valence-electron chi connectivity index (χ0n) is 9.41. The van der Waals surface area contributed by atoms with Gasteiger partial charge in [0.25, 0.3) is 0 Å². The highest BCUT2D eigenvalue weighted by atomic mass is 35.5. The number of carbonyl (C=O) groups excluding carboxylic acids is 1. The van der Waals surface area contributed by atoms with E-state index in [-0.39, 0.29) is 5.97 Å². The van der Waals surface area contributed by atoms with Crippen LogP contribution in [0, 0.1) is 0 Å². The highest BCUT2D eigenvalue weighted by Gasteiger charge is 2.14. The van der Waals surface area contributed by atoms with Gasteiger partial charge in [-0.05, 0) is 25.1 Å². The monoisotopic (exact) mass is 243 g/mol. The number of benzene rings is 1. The zero-order valence-corrected chi connectivity index (χ0v) is 10.2. The van der Waals surface area contributed by atoms with Crippen molar-refractivity contribution in [3.8, 4) is 5.75 Å². The van der Waals surface area contributed by atoms with Gasteiger partial charge in [0, 0.05) is 5.02 Å². The van der Waals surface area contributed by atoms with Crippen molar-refractivity contribution < 1.29 is 14.3 Å². The Labute approximate surface area is 99.5 Å². The molecule has 0 bridgehead atoms. The van der Waals surface area contributed by atoms with Gasteiger partial charge in [0.1, 0.15) is 11.8 Å². The second kappa shape index (κ2) is 5.61. The molecule has 88 valence electrons. The van der Waals surface area contributed by atoms with Crippen molar-refractivity contribution in [3.05, 3.63) is 23.2 Å². The van der Waals surface area contributed by atoms with Crippen LogP contribution in [0.1, 0.15) is 6.92 Å². The quantitative estimate of drug-likeness (QED) is 0.825. The smallest absolute Gasteiger partial charge is 0.327 e. The second-order valence-corrected chi connectivity index (χ2v) is 3.67. The van der Waals surface area contributed by atoms with Crippen LogP contribution in [-0.2, 0) is 9.53 Å². The van der Waals surface area contributed by atoms with Crippen LogP contribution in [0.25, 0.3) is 0 Å². The van der Waals surface area contributed by atoms with Gasteiger partial charge in [-0.1, -0.05) is 11.6 Å². The van der Waals surface area contributed by atoms with Crippen molar-refractivity contribution in [1.82, 2.24) is 0 Å². The summed E-state index contributed by atoms with van der Waals surface area (Å²) in [6.07, 6.45) is 0. The van der Waals surface area contributed by atoms with E-state index in [1.165, 1.54) is 7.11 Å². The number of nitrogens with one attached hydrogen (secondary N) is 1. The Hall–Kier alpha value is -1.42. The molecule has 0 amide bonds. The van der Waals surface area contributed by atoms with Gasteiger partial charge in [-0.25, -0.2) is 4.79 Å². The first kappa shape index (κ1) is 12.6. The van der Waals surface area contributed by atoms with E-state index in [1.807, 2.05) is 0 Å². The maximum absolute atomic E-state index is 11.2. The van der Waals surface area contributed by atoms with Crippen molar-refractivity contribution in [2.45, 2.75) is 13.0 Å².